The molecular weight excluding hydrogens is 459 g/mol. The predicted molar refractivity (Wildman–Crippen MR) is 133 cm³/mol. The van der Waals surface area contributed by atoms with Gasteiger partial charge in [0, 0.05) is 29.7 Å². The quantitative estimate of drug-likeness (QED) is 0.296. The molecule has 3 nitrogen and oxygen atoms in total. The van der Waals surface area contributed by atoms with Gasteiger partial charge >= 0.3 is 5.51 Å². The Morgan fingerprint density at radius 1 is 0.941 bits per heavy atom. The summed E-state index contributed by atoms with van der Waals surface area (Å²) in [5, 5.41) is 10.6. The number of benzene rings is 3. The van der Waals surface area contributed by atoms with E-state index in [-0.39, 0.29) is 35.7 Å². The number of hydrogen-bond donors (Lipinski definition) is 1. The Bertz CT molecular complexity index is 1070. The third-order valence-corrected chi connectivity index (χ3v) is 6.31. The summed E-state index contributed by atoms with van der Waals surface area (Å²) in [6.45, 7) is 6.40. The second-order valence-electron chi connectivity index (χ2n) is 8.45. The normalized spacial score (nSPS) is 12.6. The summed E-state index contributed by atoms with van der Waals surface area (Å²) in [4.78, 5) is 2.05. The van der Waals surface area contributed by atoms with Gasteiger partial charge in [-0.25, -0.2) is 0 Å². The summed E-state index contributed by atoms with van der Waals surface area (Å²) < 4.78 is 45.4. The van der Waals surface area contributed by atoms with Crippen molar-refractivity contribution in [3.63, 3.8) is 0 Å². The molecule has 0 saturated carbocycles. The number of ether oxygens (including phenoxy) is 1. The van der Waals surface area contributed by atoms with Crippen LogP contribution in [0.5, 0.6) is 11.5 Å². The molecular formula is C27H30F3NO2S. The number of nitrogens with zero attached hydrogens (tertiary/aromatic N) is 1. The molecule has 0 radical (unpaired) electrons. The molecule has 0 heterocycles. The van der Waals surface area contributed by atoms with Crippen LogP contribution in [-0.2, 0) is 13.0 Å². The maximum absolute atomic E-state index is 13.1. The zero-order chi connectivity index (χ0) is 24.7. The number of hydrogen-bond acceptors (Lipinski definition) is 4. The Morgan fingerprint density at radius 2 is 1.62 bits per heavy atom. The molecule has 0 amide bonds. The number of anilines is 1. The molecule has 0 fully saturated rings. The summed E-state index contributed by atoms with van der Waals surface area (Å²) in [6.07, 6.45) is 0.251. The van der Waals surface area contributed by atoms with Gasteiger partial charge in [0.1, 0.15) is 11.5 Å². The summed E-state index contributed by atoms with van der Waals surface area (Å²) in [5.74, 6) is 1.34. The van der Waals surface area contributed by atoms with Gasteiger partial charge in [0.05, 0.1) is 6.10 Å². The molecule has 182 valence electrons. The molecule has 0 bridgehead atoms. The lowest BCUT2D eigenvalue weighted by molar-refractivity contribution is -0.0328. The van der Waals surface area contributed by atoms with Crippen LogP contribution in [0.25, 0.3) is 0 Å². The summed E-state index contributed by atoms with van der Waals surface area (Å²) >= 11 is -0.116. The highest BCUT2D eigenvalue weighted by Gasteiger charge is 2.30. The van der Waals surface area contributed by atoms with Gasteiger partial charge in [-0.15, -0.1) is 0 Å². The van der Waals surface area contributed by atoms with E-state index < -0.39 is 11.6 Å². The average Bonchev–Trinajstić information content (AvgIpc) is 2.79. The first-order valence-electron chi connectivity index (χ1n) is 11.3. The summed E-state index contributed by atoms with van der Waals surface area (Å²) in [7, 11) is 0. The standard InChI is InChI=1S/C27H30F3NO2S/c1-4-20-9-7-12-23(15-20)33-24-13-8-11-22(16-24)31(18-25(32)19(2)3)17-21-10-5-6-14-26(21)34-27(28,29)30/h5-16,19,25,32H,4,17-18H2,1-3H3. The number of aliphatic hydroxyl groups is 1. The molecule has 1 unspecified atom stereocenters. The van der Waals surface area contributed by atoms with Crippen LogP contribution in [0.2, 0.25) is 0 Å². The number of rotatable bonds is 10. The van der Waals surface area contributed by atoms with Crippen LogP contribution in [-0.4, -0.2) is 23.3 Å². The zero-order valence-corrected chi connectivity index (χ0v) is 20.4. The van der Waals surface area contributed by atoms with Gasteiger partial charge in [-0.3, -0.25) is 0 Å². The van der Waals surface area contributed by atoms with E-state index >= 15 is 0 Å². The van der Waals surface area contributed by atoms with Gasteiger partial charge in [0.2, 0.25) is 0 Å². The van der Waals surface area contributed by atoms with E-state index in [1.54, 1.807) is 18.2 Å². The highest BCUT2D eigenvalue weighted by atomic mass is 32.2. The van der Waals surface area contributed by atoms with Crippen molar-refractivity contribution in [3.05, 3.63) is 83.9 Å². The topological polar surface area (TPSA) is 32.7 Å². The van der Waals surface area contributed by atoms with Crippen LogP contribution in [0.15, 0.2) is 77.7 Å². The maximum atomic E-state index is 13.1. The van der Waals surface area contributed by atoms with E-state index in [1.165, 1.54) is 6.07 Å². The first kappa shape index (κ1) is 26.0. The van der Waals surface area contributed by atoms with Gasteiger partial charge in [-0.05, 0) is 65.6 Å². The number of aryl methyl sites for hydroxylation is 1. The Balaban J connectivity index is 1.90. The summed E-state index contributed by atoms with van der Waals surface area (Å²) in [6, 6.07) is 21.8. The fraction of sp³-hybridized carbons (Fsp3) is 0.333. The maximum Gasteiger partial charge on any atom is 0.446 e. The Kier molecular flexibility index (Phi) is 8.91. The molecule has 0 aliphatic heterocycles. The van der Waals surface area contributed by atoms with Crippen LogP contribution < -0.4 is 9.64 Å². The smallest absolute Gasteiger partial charge is 0.446 e. The van der Waals surface area contributed by atoms with Gasteiger partial charge in [-0.1, -0.05) is 57.2 Å². The Morgan fingerprint density at radius 3 is 2.29 bits per heavy atom. The highest BCUT2D eigenvalue weighted by molar-refractivity contribution is 8.00. The minimum atomic E-state index is -4.38. The molecule has 0 aliphatic rings. The summed E-state index contributed by atoms with van der Waals surface area (Å²) in [5.41, 5.74) is -1.91. The van der Waals surface area contributed by atoms with Gasteiger partial charge in [0.15, 0.2) is 0 Å². The average molecular weight is 490 g/mol. The van der Waals surface area contributed by atoms with E-state index in [1.807, 2.05) is 67.3 Å². The fourth-order valence-corrected chi connectivity index (χ4v) is 4.13. The number of thioether (sulfide) groups is 1. The highest BCUT2D eigenvalue weighted by Crippen LogP contribution is 2.39. The van der Waals surface area contributed by atoms with E-state index in [9.17, 15) is 18.3 Å². The molecule has 3 rings (SSSR count). The van der Waals surface area contributed by atoms with E-state index in [0.717, 1.165) is 23.4 Å². The van der Waals surface area contributed by atoms with Crippen molar-refractivity contribution in [1.82, 2.24) is 0 Å². The third kappa shape index (κ3) is 7.71. The number of halogens is 3. The van der Waals surface area contributed by atoms with Crippen molar-refractivity contribution in [2.75, 3.05) is 11.4 Å². The number of aliphatic hydroxyl groups excluding tert-OH is 1. The lowest BCUT2D eigenvalue weighted by Gasteiger charge is -2.30. The Labute approximate surface area is 203 Å². The molecule has 1 atom stereocenters. The minimum Gasteiger partial charge on any atom is -0.457 e. The van der Waals surface area contributed by atoms with Crippen molar-refractivity contribution in [2.45, 2.75) is 50.2 Å². The van der Waals surface area contributed by atoms with Crippen LogP contribution in [0, 0.1) is 5.92 Å². The second kappa shape index (κ2) is 11.7. The van der Waals surface area contributed by atoms with Gasteiger partial charge in [-0.2, -0.15) is 13.2 Å². The van der Waals surface area contributed by atoms with Crippen molar-refractivity contribution in [3.8, 4) is 11.5 Å². The van der Waals surface area contributed by atoms with Crippen LogP contribution in [0.3, 0.4) is 0 Å². The first-order valence-corrected chi connectivity index (χ1v) is 12.1. The SMILES string of the molecule is CCc1cccc(Oc2cccc(N(Cc3ccccc3SC(F)(F)F)CC(O)C(C)C)c2)c1. The molecule has 0 aromatic heterocycles. The molecule has 7 heteroatoms. The van der Waals surface area contributed by atoms with Gasteiger partial charge in [0.25, 0.3) is 0 Å². The molecule has 1 N–H and O–H groups in total. The molecule has 0 saturated heterocycles. The second-order valence-corrected chi connectivity index (χ2v) is 9.55. The molecule has 0 aliphatic carbocycles. The van der Waals surface area contributed by atoms with E-state index in [4.69, 9.17) is 4.74 Å². The van der Waals surface area contributed by atoms with Crippen molar-refractivity contribution < 1.29 is 23.0 Å². The van der Waals surface area contributed by atoms with E-state index in [0.29, 0.717) is 11.3 Å². The van der Waals surface area contributed by atoms with Crippen molar-refractivity contribution in [1.29, 1.82) is 0 Å². The molecule has 3 aromatic carbocycles. The first-order chi connectivity index (χ1) is 16.1. The van der Waals surface area contributed by atoms with Gasteiger partial charge < -0.3 is 14.7 Å². The fourth-order valence-electron chi connectivity index (χ4n) is 3.47. The van der Waals surface area contributed by atoms with Crippen LogP contribution >= 0.6 is 11.8 Å². The lowest BCUT2D eigenvalue weighted by atomic mass is 10.1. The zero-order valence-electron chi connectivity index (χ0n) is 19.5. The minimum absolute atomic E-state index is 0.00138. The third-order valence-electron chi connectivity index (χ3n) is 5.46. The monoisotopic (exact) mass is 489 g/mol. The lowest BCUT2D eigenvalue weighted by Crippen LogP contribution is -2.35. The molecule has 34 heavy (non-hydrogen) atoms. The largest absolute Gasteiger partial charge is 0.457 e. The van der Waals surface area contributed by atoms with Crippen LogP contribution in [0.1, 0.15) is 31.9 Å². The van der Waals surface area contributed by atoms with Crippen LogP contribution in [0.4, 0.5) is 18.9 Å². The predicted octanol–water partition coefficient (Wildman–Crippen LogP) is 7.68. The Hall–Kier alpha value is -2.64. The molecule has 0 spiro atoms. The van der Waals surface area contributed by atoms with E-state index in [2.05, 4.69) is 6.92 Å². The van der Waals surface area contributed by atoms with Crippen molar-refractivity contribution in [2.24, 2.45) is 5.92 Å². The molecule has 3 aromatic rings. The van der Waals surface area contributed by atoms with Crippen molar-refractivity contribution >= 4 is 17.4 Å². The number of alkyl halides is 3.